The van der Waals surface area contributed by atoms with Gasteiger partial charge in [0.25, 0.3) is 5.91 Å². The Kier molecular flexibility index (Phi) is 6.61. The smallest absolute Gasteiger partial charge is 0.256 e. The fraction of sp³-hybridized carbons (Fsp3) is 0.130. The standard InChI is InChI=1S/C23H23N5O3/c1-16(29)27(3)21-12-6-19(7-13-21)25-26-20-8-14-23(15-9-20)31-28(17(2)30)22-10-4-18(24)5-11-22/h4-15H,24H2,1-3H3. The molecule has 0 heterocycles. The van der Waals surface area contributed by atoms with Crippen LogP contribution >= 0.6 is 0 Å². The van der Waals surface area contributed by atoms with Gasteiger partial charge in [0, 0.05) is 32.3 Å². The number of amides is 2. The molecule has 8 heteroatoms. The summed E-state index contributed by atoms with van der Waals surface area (Å²) in [5.74, 6) is 0.159. The summed E-state index contributed by atoms with van der Waals surface area (Å²) < 4.78 is 0. The summed E-state index contributed by atoms with van der Waals surface area (Å²) in [6, 6.07) is 20.9. The van der Waals surface area contributed by atoms with Crippen LogP contribution in [0.5, 0.6) is 5.75 Å². The average molecular weight is 417 g/mol. The first kappa shape index (κ1) is 21.5. The van der Waals surface area contributed by atoms with Gasteiger partial charge in [-0.3, -0.25) is 9.59 Å². The first-order valence-corrected chi connectivity index (χ1v) is 9.54. The molecule has 0 atom stereocenters. The van der Waals surface area contributed by atoms with E-state index in [1.54, 1.807) is 84.7 Å². The summed E-state index contributed by atoms with van der Waals surface area (Å²) in [5.41, 5.74) is 8.93. The highest BCUT2D eigenvalue weighted by Gasteiger charge is 2.14. The lowest BCUT2D eigenvalue weighted by molar-refractivity contribution is -0.120. The van der Waals surface area contributed by atoms with Crippen LogP contribution in [0.25, 0.3) is 0 Å². The van der Waals surface area contributed by atoms with Gasteiger partial charge in [0.15, 0.2) is 5.75 Å². The molecule has 0 radical (unpaired) electrons. The monoisotopic (exact) mass is 417 g/mol. The van der Waals surface area contributed by atoms with E-state index >= 15 is 0 Å². The summed E-state index contributed by atoms with van der Waals surface area (Å²) in [6.07, 6.45) is 0. The molecule has 0 aliphatic rings. The molecule has 2 N–H and O–H groups in total. The molecule has 8 nitrogen and oxygen atoms in total. The number of benzene rings is 3. The number of nitrogen functional groups attached to an aromatic ring is 1. The highest BCUT2D eigenvalue weighted by molar-refractivity contribution is 5.91. The maximum absolute atomic E-state index is 12.0. The lowest BCUT2D eigenvalue weighted by atomic mass is 10.2. The zero-order valence-corrected chi connectivity index (χ0v) is 17.5. The van der Waals surface area contributed by atoms with Crippen LogP contribution in [-0.4, -0.2) is 18.9 Å². The molecule has 0 bridgehead atoms. The molecule has 3 aromatic carbocycles. The SMILES string of the molecule is CC(=O)N(C)c1ccc(N=Nc2ccc(ON(C(C)=O)c3ccc(N)cc3)cc2)cc1. The van der Waals surface area contributed by atoms with Crippen molar-refractivity contribution in [3.63, 3.8) is 0 Å². The lowest BCUT2D eigenvalue weighted by Crippen LogP contribution is -2.32. The number of nitrogens with zero attached hydrogens (tertiary/aromatic N) is 4. The van der Waals surface area contributed by atoms with Crippen molar-refractivity contribution in [1.82, 2.24) is 0 Å². The molecule has 0 spiro atoms. The van der Waals surface area contributed by atoms with Crippen LogP contribution < -0.4 is 20.5 Å². The van der Waals surface area contributed by atoms with E-state index in [1.807, 2.05) is 0 Å². The van der Waals surface area contributed by atoms with Gasteiger partial charge in [0.2, 0.25) is 5.91 Å². The van der Waals surface area contributed by atoms with Crippen LogP contribution in [0.4, 0.5) is 28.4 Å². The topological polar surface area (TPSA) is 101 Å². The first-order valence-electron chi connectivity index (χ1n) is 9.54. The number of carbonyl (C=O) groups is 2. The fourth-order valence-corrected chi connectivity index (χ4v) is 2.63. The van der Waals surface area contributed by atoms with Gasteiger partial charge in [0.05, 0.1) is 17.1 Å². The van der Waals surface area contributed by atoms with Crippen LogP contribution in [0.15, 0.2) is 83.0 Å². The van der Waals surface area contributed by atoms with Gasteiger partial charge in [0.1, 0.15) is 0 Å². The summed E-state index contributed by atoms with van der Waals surface area (Å²) in [6.45, 7) is 2.92. The van der Waals surface area contributed by atoms with E-state index in [0.717, 1.165) is 5.69 Å². The van der Waals surface area contributed by atoms with Crippen molar-refractivity contribution in [1.29, 1.82) is 0 Å². The van der Waals surface area contributed by atoms with Gasteiger partial charge >= 0.3 is 0 Å². The van der Waals surface area contributed by atoms with E-state index in [9.17, 15) is 9.59 Å². The van der Waals surface area contributed by atoms with E-state index in [1.165, 1.54) is 18.9 Å². The normalized spacial score (nSPS) is 10.7. The minimum atomic E-state index is -0.271. The maximum atomic E-state index is 12.0. The fourth-order valence-electron chi connectivity index (χ4n) is 2.63. The van der Waals surface area contributed by atoms with Crippen LogP contribution in [-0.2, 0) is 9.59 Å². The van der Waals surface area contributed by atoms with Crippen LogP contribution in [0.2, 0.25) is 0 Å². The van der Waals surface area contributed by atoms with Crippen molar-refractivity contribution in [2.45, 2.75) is 13.8 Å². The minimum Gasteiger partial charge on any atom is -0.399 e. The molecule has 31 heavy (non-hydrogen) atoms. The Morgan fingerprint density at radius 2 is 1.23 bits per heavy atom. The summed E-state index contributed by atoms with van der Waals surface area (Å²) in [7, 11) is 1.71. The summed E-state index contributed by atoms with van der Waals surface area (Å²) in [5, 5.41) is 9.59. The number of rotatable bonds is 6. The quantitative estimate of drug-likeness (QED) is 0.346. The Bertz CT molecular complexity index is 1080. The van der Waals surface area contributed by atoms with Crippen LogP contribution in [0.3, 0.4) is 0 Å². The van der Waals surface area contributed by atoms with Crippen molar-refractivity contribution in [3.05, 3.63) is 72.8 Å². The predicted molar refractivity (Wildman–Crippen MR) is 121 cm³/mol. The Balaban J connectivity index is 1.67. The van der Waals surface area contributed by atoms with Gasteiger partial charge in [-0.15, -0.1) is 5.06 Å². The molecule has 2 amide bonds. The molecule has 0 unspecified atom stereocenters. The molecule has 0 fully saturated rings. The van der Waals surface area contributed by atoms with Gasteiger partial charge in [-0.05, 0) is 72.8 Å². The molecule has 3 aromatic rings. The highest BCUT2D eigenvalue weighted by Crippen LogP contribution is 2.25. The molecular formula is C23H23N5O3. The number of carbonyl (C=O) groups excluding carboxylic acids is 2. The third-order valence-electron chi connectivity index (χ3n) is 4.44. The molecule has 0 saturated carbocycles. The third kappa shape index (κ3) is 5.66. The van der Waals surface area contributed by atoms with E-state index in [0.29, 0.717) is 28.5 Å². The Morgan fingerprint density at radius 1 is 0.742 bits per heavy atom. The lowest BCUT2D eigenvalue weighted by Gasteiger charge is -2.21. The minimum absolute atomic E-state index is 0.0450. The van der Waals surface area contributed by atoms with Crippen LogP contribution in [0.1, 0.15) is 13.8 Å². The van der Waals surface area contributed by atoms with Crippen molar-refractivity contribution in [2.75, 3.05) is 22.7 Å². The molecular weight excluding hydrogens is 394 g/mol. The second-order valence-corrected chi connectivity index (χ2v) is 6.78. The highest BCUT2D eigenvalue weighted by atomic mass is 16.7. The number of hydrogen-bond acceptors (Lipinski definition) is 6. The van der Waals surface area contributed by atoms with E-state index in [-0.39, 0.29) is 11.8 Å². The van der Waals surface area contributed by atoms with Gasteiger partial charge in [-0.2, -0.15) is 10.2 Å². The van der Waals surface area contributed by atoms with Crippen LogP contribution in [0, 0.1) is 0 Å². The Morgan fingerprint density at radius 3 is 1.71 bits per heavy atom. The predicted octanol–water partition coefficient (Wildman–Crippen LogP) is 5.01. The Hall–Kier alpha value is -4.20. The molecule has 158 valence electrons. The zero-order valence-electron chi connectivity index (χ0n) is 17.5. The molecule has 0 aromatic heterocycles. The van der Waals surface area contributed by atoms with E-state index in [4.69, 9.17) is 10.6 Å². The van der Waals surface area contributed by atoms with E-state index < -0.39 is 0 Å². The number of hydrogen-bond donors (Lipinski definition) is 1. The first-order chi connectivity index (χ1) is 14.8. The summed E-state index contributed by atoms with van der Waals surface area (Å²) in [4.78, 5) is 30.7. The van der Waals surface area contributed by atoms with Crippen molar-refractivity contribution in [3.8, 4) is 5.75 Å². The second kappa shape index (κ2) is 9.53. The van der Waals surface area contributed by atoms with Crippen molar-refractivity contribution in [2.24, 2.45) is 10.2 Å². The molecule has 0 aliphatic carbocycles. The molecule has 0 saturated heterocycles. The van der Waals surface area contributed by atoms with Gasteiger partial charge in [-0.25, -0.2) is 0 Å². The second-order valence-electron chi connectivity index (χ2n) is 6.78. The number of anilines is 3. The molecule has 0 aliphatic heterocycles. The maximum Gasteiger partial charge on any atom is 0.256 e. The number of hydroxylamine groups is 1. The largest absolute Gasteiger partial charge is 0.399 e. The van der Waals surface area contributed by atoms with Crippen molar-refractivity contribution < 1.29 is 14.4 Å². The zero-order chi connectivity index (χ0) is 22.4. The third-order valence-corrected chi connectivity index (χ3v) is 4.44. The average Bonchev–Trinajstić information content (AvgIpc) is 2.77. The number of azo groups is 1. The Labute approximate surface area is 180 Å². The van der Waals surface area contributed by atoms with Gasteiger partial charge < -0.3 is 15.5 Å². The van der Waals surface area contributed by atoms with Gasteiger partial charge in [-0.1, -0.05) is 0 Å². The van der Waals surface area contributed by atoms with Crippen molar-refractivity contribution >= 4 is 40.3 Å². The van der Waals surface area contributed by atoms with E-state index in [2.05, 4.69) is 10.2 Å². The molecule has 3 rings (SSSR count). The number of nitrogens with two attached hydrogens (primary N) is 1. The summed E-state index contributed by atoms with van der Waals surface area (Å²) >= 11 is 0.